The Labute approximate surface area is 99.2 Å². The molecule has 1 heterocycles. The van der Waals surface area contributed by atoms with Gasteiger partial charge in [0.1, 0.15) is 0 Å². The van der Waals surface area contributed by atoms with Crippen molar-refractivity contribution in [2.45, 2.75) is 39.2 Å². The first-order chi connectivity index (χ1) is 7.69. The zero-order valence-corrected chi connectivity index (χ0v) is 10.7. The number of aliphatic hydroxyl groups is 1. The quantitative estimate of drug-likeness (QED) is 0.736. The van der Waals surface area contributed by atoms with Crippen molar-refractivity contribution in [2.24, 2.45) is 11.3 Å². The van der Waals surface area contributed by atoms with Crippen LogP contribution in [-0.2, 0) is 0 Å². The lowest BCUT2D eigenvalue weighted by atomic mass is 9.93. The molecule has 0 aromatic rings. The van der Waals surface area contributed by atoms with Gasteiger partial charge in [-0.15, -0.1) is 0 Å². The van der Waals surface area contributed by atoms with Crippen LogP contribution in [0.25, 0.3) is 0 Å². The van der Waals surface area contributed by atoms with E-state index in [4.69, 9.17) is 0 Å². The maximum absolute atomic E-state index is 9.28. The number of hydrogen-bond acceptors (Lipinski definition) is 3. The van der Waals surface area contributed by atoms with Crippen molar-refractivity contribution >= 4 is 0 Å². The molecule has 16 heavy (non-hydrogen) atoms. The van der Waals surface area contributed by atoms with Gasteiger partial charge in [0.2, 0.25) is 0 Å². The van der Waals surface area contributed by atoms with Crippen LogP contribution in [-0.4, -0.2) is 48.8 Å². The smallest absolute Gasteiger partial charge is 0.0499 e. The van der Waals surface area contributed by atoms with E-state index in [1.54, 1.807) is 0 Å². The van der Waals surface area contributed by atoms with Crippen LogP contribution >= 0.6 is 0 Å². The van der Waals surface area contributed by atoms with Crippen LogP contribution in [0.1, 0.15) is 33.1 Å². The molecule has 1 aliphatic carbocycles. The summed E-state index contributed by atoms with van der Waals surface area (Å²) in [6, 6.07) is 0.659. The fourth-order valence-electron chi connectivity index (χ4n) is 2.74. The lowest BCUT2D eigenvalue weighted by Crippen LogP contribution is -2.49. The number of nitrogens with one attached hydrogen (secondary N) is 1. The van der Waals surface area contributed by atoms with Gasteiger partial charge in [0.05, 0.1) is 0 Å². The summed E-state index contributed by atoms with van der Waals surface area (Å²) in [5, 5.41) is 13.0. The Morgan fingerprint density at radius 3 is 2.69 bits per heavy atom. The molecule has 0 aromatic heterocycles. The average molecular weight is 226 g/mol. The second-order valence-corrected chi connectivity index (χ2v) is 5.80. The number of nitrogens with zero attached hydrogens (tertiary/aromatic N) is 1. The highest BCUT2D eigenvalue weighted by Crippen LogP contribution is 2.44. The van der Waals surface area contributed by atoms with Crippen LogP contribution in [0.5, 0.6) is 0 Å². The molecule has 2 unspecified atom stereocenters. The Hall–Kier alpha value is -0.120. The van der Waals surface area contributed by atoms with E-state index in [0.29, 0.717) is 12.6 Å². The predicted octanol–water partition coefficient (Wildman–Crippen LogP) is 1.08. The third-order valence-corrected chi connectivity index (χ3v) is 4.47. The van der Waals surface area contributed by atoms with E-state index in [9.17, 15) is 5.11 Å². The van der Waals surface area contributed by atoms with Crippen LogP contribution in [0.4, 0.5) is 0 Å². The molecule has 2 rings (SSSR count). The normalized spacial score (nSPS) is 33.9. The molecule has 0 amide bonds. The van der Waals surface area contributed by atoms with Crippen molar-refractivity contribution in [3.63, 3.8) is 0 Å². The van der Waals surface area contributed by atoms with E-state index in [-0.39, 0.29) is 5.41 Å². The Morgan fingerprint density at radius 1 is 1.44 bits per heavy atom. The highest BCUT2D eigenvalue weighted by atomic mass is 16.3. The Kier molecular flexibility index (Phi) is 3.88. The van der Waals surface area contributed by atoms with E-state index >= 15 is 0 Å². The fraction of sp³-hybridized carbons (Fsp3) is 1.00. The first kappa shape index (κ1) is 12.3. The third kappa shape index (κ3) is 2.76. The largest absolute Gasteiger partial charge is 0.396 e. The minimum absolute atomic E-state index is 0.252. The first-order valence-electron chi connectivity index (χ1n) is 6.76. The van der Waals surface area contributed by atoms with Gasteiger partial charge in [0.15, 0.2) is 0 Å². The predicted molar refractivity (Wildman–Crippen MR) is 66.4 cm³/mol. The molecule has 1 saturated carbocycles. The molecule has 0 radical (unpaired) electrons. The monoisotopic (exact) mass is 226 g/mol. The molecule has 94 valence electrons. The second kappa shape index (κ2) is 5.03. The Bertz CT molecular complexity index is 228. The Morgan fingerprint density at radius 2 is 2.19 bits per heavy atom. The van der Waals surface area contributed by atoms with E-state index in [1.807, 2.05) is 0 Å². The van der Waals surface area contributed by atoms with Crippen LogP contribution in [0.15, 0.2) is 0 Å². The lowest BCUT2D eigenvalue weighted by molar-refractivity contribution is 0.140. The van der Waals surface area contributed by atoms with Crippen LogP contribution in [0, 0.1) is 11.3 Å². The lowest BCUT2D eigenvalue weighted by Gasteiger charge is -2.37. The number of piperidine rings is 1. The van der Waals surface area contributed by atoms with Gasteiger partial charge in [-0.3, -0.25) is 0 Å². The molecule has 1 saturated heterocycles. The number of aliphatic hydroxyl groups excluding tert-OH is 1. The number of likely N-dealkylation sites (tertiary alicyclic amines) is 1. The van der Waals surface area contributed by atoms with Crippen molar-refractivity contribution in [3.8, 4) is 0 Å². The zero-order chi connectivity index (χ0) is 11.6. The summed E-state index contributed by atoms with van der Waals surface area (Å²) in [6.07, 6.45) is 3.67. The second-order valence-electron chi connectivity index (χ2n) is 5.80. The van der Waals surface area contributed by atoms with E-state index < -0.39 is 0 Å². The summed E-state index contributed by atoms with van der Waals surface area (Å²) in [5.41, 5.74) is 0.252. The SMILES string of the molecule is CCN1CCC(NCC2(CO)CC2)C(C)C1. The van der Waals surface area contributed by atoms with Gasteiger partial charge in [-0.25, -0.2) is 0 Å². The zero-order valence-electron chi connectivity index (χ0n) is 10.7. The molecule has 1 aliphatic heterocycles. The summed E-state index contributed by atoms with van der Waals surface area (Å²) in [7, 11) is 0. The highest BCUT2D eigenvalue weighted by molar-refractivity contribution is 4.96. The minimum Gasteiger partial charge on any atom is -0.396 e. The summed E-state index contributed by atoms with van der Waals surface area (Å²) < 4.78 is 0. The minimum atomic E-state index is 0.252. The topological polar surface area (TPSA) is 35.5 Å². The van der Waals surface area contributed by atoms with E-state index in [1.165, 1.54) is 38.9 Å². The molecule has 3 nitrogen and oxygen atoms in total. The van der Waals surface area contributed by atoms with Crippen molar-refractivity contribution in [2.75, 3.05) is 32.8 Å². The van der Waals surface area contributed by atoms with Gasteiger partial charge in [-0.1, -0.05) is 13.8 Å². The molecule has 2 N–H and O–H groups in total. The standard InChI is InChI=1S/C13H26N2O/c1-3-15-7-4-12(11(2)8-15)14-9-13(10-16)5-6-13/h11-12,14,16H,3-10H2,1-2H3. The maximum atomic E-state index is 9.28. The van der Waals surface area contributed by atoms with Crippen LogP contribution in [0.2, 0.25) is 0 Å². The molecule has 2 atom stereocenters. The van der Waals surface area contributed by atoms with E-state index in [0.717, 1.165) is 12.5 Å². The summed E-state index contributed by atoms with van der Waals surface area (Å²) in [5.74, 6) is 0.739. The average Bonchev–Trinajstić information content (AvgIpc) is 3.08. The van der Waals surface area contributed by atoms with Crippen molar-refractivity contribution in [1.29, 1.82) is 0 Å². The molecule has 0 spiro atoms. The molecule has 0 aromatic carbocycles. The van der Waals surface area contributed by atoms with Gasteiger partial charge in [-0.2, -0.15) is 0 Å². The molecule has 2 fully saturated rings. The third-order valence-electron chi connectivity index (χ3n) is 4.47. The molecule has 2 aliphatic rings. The molecular weight excluding hydrogens is 200 g/mol. The summed E-state index contributed by atoms with van der Waals surface area (Å²) in [4.78, 5) is 2.53. The summed E-state index contributed by atoms with van der Waals surface area (Å²) in [6.45, 7) is 9.60. The van der Waals surface area contributed by atoms with Crippen LogP contribution in [0.3, 0.4) is 0 Å². The molecule has 0 bridgehead atoms. The Balaban J connectivity index is 1.74. The van der Waals surface area contributed by atoms with Crippen molar-refractivity contribution in [1.82, 2.24) is 10.2 Å². The highest BCUT2D eigenvalue weighted by Gasteiger charge is 2.42. The molecule has 3 heteroatoms. The maximum Gasteiger partial charge on any atom is 0.0499 e. The van der Waals surface area contributed by atoms with Crippen LogP contribution < -0.4 is 5.32 Å². The first-order valence-corrected chi connectivity index (χ1v) is 6.76. The van der Waals surface area contributed by atoms with Gasteiger partial charge in [-0.05, 0) is 38.3 Å². The van der Waals surface area contributed by atoms with Gasteiger partial charge in [0, 0.05) is 31.2 Å². The molecular formula is C13H26N2O. The van der Waals surface area contributed by atoms with Gasteiger partial charge < -0.3 is 15.3 Å². The summed E-state index contributed by atoms with van der Waals surface area (Å²) >= 11 is 0. The number of hydrogen-bond donors (Lipinski definition) is 2. The fourth-order valence-corrected chi connectivity index (χ4v) is 2.74. The number of rotatable bonds is 5. The van der Waals surface area contributed by atoms with Gasteiger partial charge in [0.25, 0.3) is 0 Å². The van der Waals surface area contributed by atoms with Gasteiger partial charge >= 0.3 is 0 Å². The van der Waals surface area contributed by atoms with E-state index in [2.05, 4.69) is 24.1 Å². The van der Waals surface area contributed by atoms with Crippen molar-refractivity contribution < 1.29 is 5.11 Å². The van der Waals surface area contributed by atoms with Crippen molar-refractivity contribution in [3.05, 3.63) is 0 Å².